The molecule has 62 valence electrons. The molecule has 2 aromatic rings. The molecule has 0 bridgehead atoms. The first-order valence-electron chi connectivity index (χ1n) is 3.69. The van der Waals surface area contributed by atoms with Gasteiger partial charge in [-0.05, 0) is 24.3 Å². The number of aromatic nitrogens is 1. The van der Waals surface area contributed by atoms with Crippen molar-refractivity contribution in [3.63, 3.8) is 0 Å². The molecule has 2 heterocycles. The molecule has 0 radical (unpaired) electrons. The predicted octanol–water partition coefficient (Wildman–Crippen LogP) is 3.25. The Kier molecular flexibility index (Phi) is 2.19. The first-order chi connectivity index (χ1) is 5.84. The summed E-state index contributed by atoms with van der Waals surface area (Å²) in [6, 6.07) is 8.04. The standard InChI is InChI=1S/C9H8ClNS/c10-9-4-3-8(12-9)7-11-5-1-2-6-11/h1-6H,7H2. The minimum absolute atomic E-state index is 0.858. The maximum absolute atomic E-state index is 5.81. The molecule has 12 heavy (non-hydrogen) atoms. The van der Waals surface area contributed by atoms with Crippen LogP contribution in [-0.4, -0.2) is 4.57 Å². The lowest BCUT2D eigenvalue weighted by atomic mass is 10.5. The minimum Gasteiger partial charge on any atom is -0.349 e. The number of hydrogen-bond acceptors (Lipinski definition) is 1. The highest BCUT2D eigenvalue weighted by molar-refractivity contribution is 7.16. The Balaban J connectivity index is 2.14. The van der Waals surface area contributed by atoms with Crippen LogP contribution in [0.3, 0.4) is 0 Å². The van der Waals surface area contributed by atoms with E-state index < -0.39 is 0 Å². The van der Waals surface area contributed by atoms with Gasteiger partial charge in [-0.15, -0.1) is 11.3 Å². The zero-order valence-corrected chi connectivity index (χ0v) is 7.98. The SMILES string of the molecule is Clc1ccc(Cn2cccc2)s1. The van der Waals surface area contributed by atoms with Crippen molar-refractivity contribution in [2.24, 2.45) is 0 Å². The highest BCUT2D eigenvalue weighted by Crippen LogP contribution is 2.21. The summed E-state index contributed by atoms with van der Waals surface area (Å²) in [5, 5.41) is 0. The number of thiophene rings is 1. The maximum atomic E-state index is 5.81. The Morgan fingerprint density at radius 1 is 1.25 bits per heavy atom. The van der Waals surface area contributed by atoms with E-state index in [0.717, 1.165) is 10.9 Å². The summed E-state index contributed by atoms with van der Waals surface area (Å²) in [4.78, 5) is 1.29. The Morgan fingerprint density at radius 3 is 2.58 bits per heavy atom. The number of hydrogen-bond donors (Lipinski definition) is 0. The van der Waals surface area contributed by atoms with Gasteiger partial charge >= 0.3 is 0 Å². The van der Waals surface area contributed by atoms with Crippen LogP contribution in [0.5, 0.6) is 0 Å². The fourth-order valence-corrected chi connectivity index (χ4v) is 2.19. The van der Waals surface area contributed by atoms with E-state index in [4.69, 9.17) is 11.6 Å². The molecule has 2 rings (SSSR count). The van der Waals surface area contributed by atoms with Crippen molar-refractivity contribution in [2.45, 2.75) is 6.54 Å². The average molecular weight is 198 g/mol. The quantitative estimate of drug-likeness (QED) is 0.697. The van der Waals surface area contributed by atoms with Gasteiger partial charge in [0.25, 0.3) is 0 Å². The normalized spacial score (nSPS) is 10.4. The molecule has 0 amide bonds. The summed E-state index contributed by atoms with van der Waals surface area (Å²) in [5.41, 5.74) is 0. The van der Waals surface area contributed by atoms with Crippen molar-refractivity contribution in [1.29, 1.82) is 0 Å². The van der Waals surface area contributed by atoms with Crippen LogP contribution in [-0.2, 0) is 6.54 Å². The predicted molar refractivity (Wildman–Crippen MR) is 52.9 cm³/mol. The Bertz CT molecular complexity index is 350. The molecule has 1 nitrogen and oxygen atoms in total. The highest BCUT2D eigenvalue weighted by atomic mass is 35.5. The van der Waals surface area contributed by atoms with Gasteiger partial charge in [-0.1, -0.05) is 11.6 Å². The molecule has 0 saturated heterocycles. The molecule has 0 aliphatic heterocycles. The monoisotopic (exact) mass is 197 g/mol. The molecule has 0 aromatic carbocycles. The summed E-state index contributed by atoms with van der Waals surface area (Å²) in [5.74, 6) is 0. The van der Waals surface area contributed by atoms with Crippen LogP contribution in [0.15, 0.2) is 36.7 Å². The second-order valence-electron chi connectivity index (χ2n) is 2.56. The topological polar surface area (TPSA) is 4.93 Å². The van der Waals surface area contributed by atoms with E-state index >= 15 is 0 Å². The van der Waals surface area contributed by atoms with E-state index in [1.54, 1.807) is 11.3 Å². The largest absolute Gasteiger partial charge is 0.349 e. The Hall–Kier alpha value is -0.730. The van der Waals surface area contributed by atoms with E-state index in [1.807, 2.05) is 30.6 Å². The van der Waals surface area contributed by atoms with Crippen LogP contribution in [0.4, 0.5) is 0 Å². The van der Waals surface area contributed by atoms with Gasteiger partial charge in [-0.2, -0.15) is 0 Å². The summed E-state index contributed by atoms with van der Waals surface area (Å²) >= 11 is 7.44. The van der Waals surface area contributed by atoms with E-state index in [1.165, 1.54) is 4.88 Å². The van der Waals surface area contributed by atoms with Crippen molar-refractivity contribution in [1.82, 2.24) is 4.57 Å². The van der Waals surface area contributed by atoms with Gasteiger partial charge in [0.1, 0.15) is 0 Å². The van der Waals surface area contributed by atoms with Crippen LogP contribution in [0.1, 0.15) is 4.88 Å². The van der Waals surface area contributed by atoms with Crippen molar-refractivity contribution >= 4 is 22.9 Å². The molecule has 0 fully saturated rings. The van der Waals surface area contributed by atoms with Crippen molar-refractivity contribution < 1.29 is 0 Å². The van der Waals surface area contributed by atoms with Crippen LogP contribution < -0.4 is 0 Å². The lowest BCUT2D eigenvalue weighted by Gasteiger charge is -1.97. The molecule has 2 aromatic heterocycles. The van der Waals surface area contributed by atoms with Crippen LogP contribution >= 0.6 is 22.9 Å². The fourth-order valence-electron chi connectivity index (χ4n) is 1.09. The maximum Gasteiger partial charge on any atom is 0.0931 e. The zero-order valence-electron chi connectivity index (χ0n) is 6.40. The summed E-state index contributed by atoms with van der Waals surface area (Å²) < 4.78 is 2.99. The van der Waals surface area contributed by atoms with Gasteiger partial charge in [0, 0.05) is 17.3 Å². The molecule has 0 saturated carbocycles. The van der Waals surface area contributed by atoms with Gasteiger partial charge in [0.2, 0.25) is 0 Å². The highest BCUT2D eigenvalue weighted by Gasteiger charge is 1.97. The minimum atomic E-state index is 0.858. The summed E-state index contributed by atoms with van der Waals surface area (Å²) in [6.07, 6.45) is 4.10. The first kappa shape index (κ1) is 7.90. The van der Waals surface area contributed by atoms with Gasteiger partial charge in [-0.25, -0.2) is 0 Å². The lowest BCUT2D eigenvalue weighted by Crippen LogP contribution is -1.92. The molecule has 0 N–H and O–H groups in total. The van der Waals surface area contributed by atoms with Gasteiger partial charge < -0.3 is 4.57 Å². The van der Waals surface area contributed by atoms with E-state index in [-0.39, 0.29) is 0 Å². The van der Waals surface area contributed by atoms with E-state index in [0.29, 0.717) is 0 Å². The fraction of sp³-hybridized carbons (Fsp3) is 0.111. The summed E-state index contributed by atoms with van der Waals surface area (Å²) in [7, 11) is 0. The van der Waals surface area contributed by atoms with E-state index in [9.17, 15) is 0 Å². The van der Waals surface area contributed by atoms with Crippen molar-refractivity contribution in [3.05, 3.63) is 45.9 Å². The third-order valence-corrected chi connectivity index (χ3v) is 2.85. The van der Waals surface area contributed by atoms with Crippen LogP contribution in [0, 0.1) is 0 Å². The molecule has 0 atom stereocenters. The third-order valence-electron chi connectivity index (χ3n) is 1.63. The lowest BCUT2D eigenvalue weighted by molar-refractivity contribution is 0.819. The molecule has 3 heteroatoms. The van der Waals surface area contributed by atoms with Crippen LogP contribution in [0.25, 0.3) is 0 Å². The molecular weight excluding hydrogens is 190 g/mol. The smallest absolute Gasteiger partial charge is 0.0931 e. The Morgan fingerprint density at radius 2 is 2.00 bits per heavy atom. The van der Waals surface area contributed by atoms with E-state index in [2.05, 4.69) is 10.6 Å². The van der Waals surface area contributed by atoms with Crippen LogP contribution in [0.2, 0.25) is 4.34 Å². The van der Waals surface area contributed by atoms with Crippen molar-refractivity contribution in [2.75, 3.05) is 0 Å². The number of rotatable bonds is 2. The first-order valence-corrected chi connectivity index (χ1v) is 4.89. The van der Waals surface area contributed by atoms with Gasteiger partial charge in [0.15, 0.2) is 0 Å². The summed E-state index contributed by atoms with van der Waals surface area (Å²) in [6.45, 7) is 0.921. The molecule has 0 spiro atoms. The Labute approximate surface area is 80.2 Å². The number of halogens is 1. The third kappa shape index (κ3) is 1.71. The van der Waals surface area contributed by atoms with Gasteiger partial charge in [-0.3, -0.25) is 0 Å². The zero-order chi connectivity index (χ0) is 8.39. The molecule has 0 unspecified atom stereocenters. The molecule has 0 aliphatic rings. The average Bonchev–Trinajstić information content (AvgIpc) is 2.63. The second-order valence-corrected chi connectivity index (χ2v) is 4.36. The number of nitrogens with zero attached hydrogens (tertiary/aromatic N) is 1. The molecule has 0 aliphatic carbocycles. The molecular formula is C9H8ClNS. The van der Waals surface area contributed by atoms with Gasteiger partial charge in [0.05, 0.1) is 10.9 Å². The van der Waals surface area contributed by atoms with Crippen molar-refractivity contribution in [3.8, 4) is 0 Å². The second kappa shape index (κ2) is 3.33.